The first kappa shape index (κ1) is 11.3. The molecule has 0 saturated heterocycles. The van der Waals surface area contributed by atoms with Gasteiger partial charge in [-0.1, -0.05) is 20.8 Å². The van der Waals surface area contributed by atoms with Crippen molar-refractivity contribution in [2.24, 2.45) is 5.41 Å². The Morgan fingerprint density at radius 1 is 1.40 bits per heavy atom. The Morgan fingerprint density at radius 3 is 2.47 bits per heavy atom. The molecule has 5 nitrogen and oxygen atoms in total. The first-order valence-electron chi connectivity index (χ1n) is 4.42. The quantitative estimate of drug-likeness (QED) is 0.745. The fourth-order valence-electron chi connectivity index (χ4n) is 1.03. The van der Waals surface area contributed by atoms with Gasteiger partial charge in [0.15, 0.2) is 5.76 Å². The molecule has 1 N–H and O–H groups in total. The maximum atomic E-state index is 11.8. The second-order valence-corrected chi connectivity index (χ2v) is 4.15. The van der Waals surface area contributed by atoms with Crippen LogP contribution in [0.3, 0.4) is 0 Å². The van der Waals surface area contributed by atoms with Gasteiger partial charge >= 0.3 is 0 Å². The zero-order chi connectivity index (χ0) is 11.6. The molecule has 0 aliphatic heterocycles. The molecule has 5 heteroatoms. The van der Waals surface area contributed by atoms with Gasteiger partial charge in [0.05, 0.1) is 12.0 Å². The fraction of sp³-hybridized carbons (Fsp3) is 0.400. The zero-order valence-electron chi connectivity index (χ0n) is 8.79. The summed E-state index contributed by atoms with van der Waals surface area (Å²) in [6.45, 7) is 5.17. The molecule has 0 atom stereocenters. The lowest BCUT2D eigenvalue weighted by atomic mass is 9.89. The molecular formula is C10H12NO4-. The summed E-state index contributed by atoms with van der Waals surface area (Å²) in [7, 11) is 0. The lowest BCUT2D eigenvalue weighted by molar-refractivity contribution is -0.242. The van der Waals surface area contributed by atoms with Gasteiger partial charge in [0.1, 0.15) is 6.09 Å². The SMILES string of the molecule is CC(C)(C)C(=O)c1occc1NC(=O)[O-]. The molecular weight excluding hydrogens is 198 g/mol. The number of anilines is 1. The summed E-state index contributed by atoms with van der Waals surface area (Å²) in [5, 5.41) is 12.3. The van der Waals surface area contributed by atoms with Crippen LogP contribution in [0, 0.1) is 5.41 Å². The number of carbonyl (C=O) groups excluding carboxylic acids is 2. The third kappa shape index (κ3) is 2.59. The smallest absolute Gasteiger partial charge is 0.205 e. The molecule has 0 unspecified atom stereocenters. The molecule has 0 spiro atoms. The molecule has 1 aromatic heterocycles. The maximum absolute atomic E-state index is 11.8. The van der Waals surface area contributed by atoms with E-state index in [1.54, 1.807) is 20.8 Å². The standard InChI is InChI=1S/C10H13NO4/c1-10(2,3)8(12)7-6(4-5-15-7)11-9(13)14/h4-5,11H,1-3H3,(H,13,14)/p-1. The van der Waals surface area contributed by atoms with Gasteiger partial charge in [-0.15, -0.1) is 0 Å². The molecule has 0 radical (unpaired) electrons. The van der Waals surface area contributed by atoms with Crippen molar-refractivity contribution in [1.82, 2.24) is 0 Å². The van der Waals surface area contributed by atoms with E-state index in [0.717, 1.165) is 0 Å². The number of Topliss-reactive ketones (excluding diaryl/α,β-unsaturated/α-hetero) is 1. The predicted octanol–water partition coefficient (Wildman–Crippen LogP) is 1.26. The van der Waals surface area contributed by atoms with Crippen LogP contribution in [0.1, 0.15) is 31.3 Å². The number of amides is 1. The summed E-state index contributed by atoms with van der Waals surface area (Å²) in [5.74, 6) is -0.261. The number of carbonyl (C=O) groups is 2. The molecule has 0 aromatic carbocycles. The Labute approximate surface area is 87.1 Å². The lowest BCUT2D eigenvalue weighted by Gasteiger charge is -2.16. The number of hydrogen-bond acceptors (Lipinski definition) is 4. The highest BCUT2D eigenvalue weighted by atomic mass is 16.4. The molecule has 1 rings (SSSR count). The molecule has 0 aliphatic rings. The van der Waals surface area contributed by atoms with Gasteiger partial charge in [0.2, 0.25) is 5.78 Å². The maximum Gasteiger partial charge on any atom is 0.205 e. The van der Waals surface area contributed by atoms with Crippen LogP contribution in [0.4, 0.5) is 10.5 Å². The van der Waals surface area contributed by atoms with E-state index in [9.17, 15) is 14.7 Å². The third-order valence-corrected chi connectivity index (χ3v) is 1.79. The van der Waals surface area contributed by atoms with Crippen LogP contribution >= 0.6 is 0 Å². The van der Waals surface area contributed by atoms with Gasteiger partial charge in [-0.25, -0.2) is 0 Å². The second-order valence-electron chi connectivity index (χ2n) is 4.15. The number of furan rings is 1. The normalized spacial score (nSPS) is 11.1. The second kappa shape index (κ2) is 3.76. The number of rotatable bonds is 2. The first-order chi connectivity index (χ1) is 6.82. The van der Waals surface area contributed by atoms with E-state index in [1.165, 1.54) is 12.3 Å². The molecule has 15 heavy (non-hydrogen) atoms. The Bertz CT molecular complexity index is 386. The van der Waals surface area contributed by atoms with Crippen LogP contribution < -0.4 is 10.4 Å². The number of ketones is 1. The molecule has 0 fully saturated rings. The number of carboxylic acid groups (broad SMARTS) is 1. The van der Waals surface area contributed by atoms with Crippen molar-refractivity contribution in [2.75, 3.05) is 5.32 Å². The highest BCUT2D eigenvalue weighted by molar-refractivity contribution is 6.03. The van der Waals surface area contributed by atoms with E-state index in [1.807, 2.05) is 5.32 Å². The first-order valence-corrected chi connectivity index (χ1v) is 4.42. The van der Waals surface area contributed by atoms with Crippen LogP contribution in [-0.2, 0) is 0 Å². The van der Waals surface area contributed by atoms with E-state index in [2.05, 4.69) is 0 Å². The third-order valence-electron chi connectivity index (χ3n) is 1.79. The van der Waals surface area contributed by atoms with Crippen molar-refractivity contribution in [1.29, 1.82) is 0 Å². The van der Waals surface area contributed by atoms with Gasteiger partial charge in [-0.05, 0) is 0 Å². The molecule has 1 amide bonds. The van der Waals surface area contributed by atoms with E-state index in [4.69, 9.17) is 4.42 Å². The number of hydrogen-bond donors (Lipinski definition) is 1. The van der Waals surface area contributed by atoms with Gasteiger partial charge in [-0.2, -0.15) is 0 Å². The Morgan fingerprint density at radius 2 is 2.00 bits per heavy atom. The summed E-state index contributed by atoms with van der Waals surface area (Å²) < 4.78 is 4.95. The molecule has 0 saturated carbocycles. The van der Waals surface area contributed by atoms with Crippen molar-refractivity contribution < 1.29 is 19.1 Å². The van der Waals surface area contributed by atoms with Crippen molar-refractivity contribution in [3.63, 3.8) is 0 Å². The minimum Gasteiger partial charge on any atom is -0.530 e. The largest absolute Gasteiger partial charge is 0.530 e. The van der Waals surface area contributed by atoms with Crippen molar-refractivity contribution in [2.45, 2.75) is 20.8 Å². The fourth-order valence-corrected chi connectivity index (χ4v) is 1.03. The summed E-state index contributed by atoms with van der Waals surface area (Å²) in [4.78, 5) is 22.1. The minimum absolute atomic E-state index is 0.00620. The molecule has 0 bridgehead atoms. The predicted molar refractivity (Wildman–Crippen MR) is 51.5 cm³/mol. The summed E-state index contributed by atoms with van der Waals surface area (Å²) in [6.07, 6.45) is -0.219. The van der Waals surface area contributed by atoms with Crippen LogP contribution in [-0.4, -0.2) is 11.9 Å². The Kier molecular flexibility index (Phi) is 2.83. The van der Waals surface area contributed by atoms with Crippen molar-refractivity contribution in [3.05, 3.63) is 18.1 Å². The van der Waals surface area contributed by atoms with Crippen LogP contribution in [0.2, 0.25) is 0 Å². The van der Waals surface area contributed by atoms with Crippen LogP contribution in [0.15, 0.2) is 16.7 Å². The highest BCUT2D eigenvalue weighted by Crippen LogP contribution is 2.26. The van der Waals surface area contributed by atoms with E-state index in [-0.39, 0.29) is 17.2 Å². The average Bonchev–Trinajstić information content (AvgIpc) is 2.48. The van der Waals surface area contributed by atoms with Gasteiger partial charge in [0, 0.05) is 11.5 Å². The van der Waals surface area contributed by atoms with Gasteiger partial charge in [0.25, 0.3) is 0 Å². The summed E-state index contributed by atoms with van der Waals surface area (Å²) >= 11 is 0. The molecule has 0 aliphatic carbocycles. The van der Waals surface area contributed by atoms with Crippen molar-refractivity contribution in [3.8, 4) is 0 Å². The van der Waals surface area contributed by atoms with E-state index >= 15 is 0 Å². The van der Waals surface area contributed by atoms with Crippen molar-refractivity contribution >= 4 is 17.6 Å². The summed E-state index contributed by atoms with van der Waals surface area (Å²) in [5.41, 5.74) is -0.504. The molecule has 82 valence electrons. The lowest BCUT2D eigenvalue weighted by Crippen LogP contribution is -2.30. The molecule has 1 heterocycles. The minimum atomic E-state index is -1.47. The van der Waals surface area contributed by atoms with Gasteiger partial charge < -0.3 is 19.6 Å². The Balaban J connectivity index is 3.00. The molecule has 1 aromatic rings. The van der Waals surface area contributed by atoms with E-state index < -0.39 is 11.5 Å². The Hall–Kier alpha value is -1.78. The zero-order valence-corrected chi connectivity index (χ0v) is 8.79. The average molecular weight is 210 g/mol. The summed E-state index contributed by atoms with van der Waals surface area (Å²) in [6, 6.07) is 1.37. The van der Waals surface area contributed by atoms with Crippen LogP contribution in [0.5, 0.6) is 0 Å². The van der Waals surface area contributed by atoms with Gasteiger partial charge in [-0.3, -0.25) is 4.79 Å². The van der Waals surface area contributed by atoms with E-state index in [0.29, 0.717) is 0 Å². The van der Waals surface area contributed by atoms with Crippen LogP contribution in [0.25, 0.3) is 0 Å². The topological polar surface area (TPSA) is 82.4 Å². The number of nitrogens with one attached hydrogen (secondary N) is 1. The highest BCUT2D eigenvalue weighted by Gasteiger charge is 2.27. The monoisotopic (exact) mass is 210 g/mol.